The topological polar surface area (TPSA) is 84.9 Å². The Morgan fingerprint density at radius 2 is 1.74 bits per heavy atom. The Labute approximate surface area is 201 Å². The molecular formula is C26H26N2O5S. The maximum Gasteiger partial charge on any atom is 0.251 e. The minimum Gasteiger partial charge on any atom is -0.493 e. The van der Waals surface area contributed by atoms with Crippen molar-refractivity contribution in [3.05, 3.63) is 83.4 Å². The van der Waals surface area contributed by atoms with Gasteiger partial charge in [0.15, 0.2) is 11.5 Å². The summed E-state index contributed by atoms with van der Waals surface area (Å²) in [6.45, 7) is 0.776. The van der Waals surface area contributed by atoms with Crippen LogP contribution in [-0.2, 0) is 28.6 Å². The average molecular weight is 479 g/mol. The molecule has 3 aromatic carbocycles. The molecule has 0 aromatic heterocycles. The van der Waals surface area contributed by atoms with Crippen LogP contribution >= 0.6 is 0 Å². The van der Waals surface area contributed by atoms with Gasteiger partial charge in [-0.05, 0) is 47.9 Å². The molecule has 1 atom stereocenters. The third-order valence-corrected chi connectivity index (χ3v) is 6.99. The van der Waals surface area contributed by atoms with Gasteiger partial charge in [-0.3, -0.25) is 13.8 Å². The summed E-state index contributed by atoms with van der Waals surface area (Å²) in [6, 6.07) is 20.2. The molecule has 0 fully saturated rings. The van der Waals surface area contributed by atoms with E-state index in [1.807, 2.05) is 48.5 Å². The minimum absolute atomic E-state index is 0.0588. The summed E-state index contributed by atoms with van der Waals surface area (Å²) in [7, 11) is 1.74. The molecule has 1 heterocycles. The summed E-state index contributed by atoms with van der Waals surface area (Å²) in [5.74, 6) is 0.748. The highest BCUT2D eigenvalue weighted by Gasteiger charge is 2.30. The number of rotatable bonds is 8. The van der Waals surface area contributed by atoms with E-state index in [0.29, 0.717) is 47.2 Å². The lowest BCUT2D eigenvalue weighted by Gasteiger charge is -2.29. The minimum atomic E-state index is -1.43. The fourth-order valence-corrected chi connectivity index (χ4v) is 5.02. The third-order valence-electron chi connectivity index (χ3n) is 5.64. The van der Waals surface area contributed by atoms with Crippen molar-refractivity contribution in [3.63, 3.8) is 0 Å². The molecule has 176 valence electrons. The number of amides is 2. The molecule has 1 aliphatic rings. The first-order valence-corrected chi connectivity index (χ1v) is 12.2. The second kappa shape index (κ2) is 10.5. The van der Waals surface area contributed by atoms with Crippen molar-refractivity contribution in [1.29, 1.82) is 0 Å². The van der Waals surface area contributed by atoms with Crippen LogP contribution in [0.15, 0.2) is 71.6 Å². The van der Waals surface area contributed by atoms with Crippen LogP contribution in [0.25, 0.3) is 0 Å². The van der Waals surface area contributed by atoms with Crippen LogP contribution in [0.5, 0.6) is 11.5 Å². The van der Waals surface area contributed by atoms with Crippen LogP contribution in [0, 0.1) is 0 Å². The highest BCUT2D eigenvalue weighted by atomic mass is 32.2. The largest absolute Gasteiger partial charge is 0.493 e. The molecule has 4 rings (SSSR count). The fraction of sp³-hybridized carbons (Fsp3) is 0.231. The van der Waals surface area contributed by atoms with Gasteiger partial charge in [0, 0.05) is 12.1 Å². The Morgan fingerprint density at radius 3 is 2.47 bits per heavy atom. The molecule has 1 aliphatic heterocycles. The van der Waals surface area contributed by atoms with E-state index in [1.54, 1.807) is 37.3 Å². The predicted molar refractivity (Wildman–Crippen MR) is 131 cm³/mol. The molecule has 7 nitrogen and oxygen atoms in total. The molecule has 1 N–H and O–H groups in total. The SMILES string of the molecule is COc1ccc(CCNC(=O)c2ccc3c(c2)N(Cc2ccccc2)C(=O)C[S@]3=O)cc1OC. The lowest BCUT2D eigenvalue weighted by Crippen LogP contribution is -2.38. The van der Waals surface area contributed by atoms with Gasteiger partial charge in [-0.25, -0.2) is 0 Å². The van der Waals surface area contributed by atoms with Gasteiger partial charge < -0.3 is 19.7 Å². The number of anilines is 1. The number of hydrogen-bond acceptors (Lipinski definition) is 5. The number of fused-ring (bicyclic) bond motifs is 1. The average Bonchev–Trinajstić information content (AvgIpc) is 2.86. The molecule has 0 radical (unpaired) electrons. The van der Waals surface area contributed by atoms with Gasteiger partial charge in [-0.1, -0.05) is 36.4 Å². The number of nitrogens with one attached hydrogen (secondary N) is 1. The van der Waals surface area contributed by atoms with E-state index >= 15 is 0 Å². The first-order chi connectivity index (χ1) is 16.5. The van der Waals surface area contributed by atoms with Gasteiger partial charge in [0.1, 0.15) is 5.75 Å². The van der Waals surface area contributed by atoms with Crippen LogP contribution in [0.2, 0.25) is 0 Å². The van der Waals surface area contributed by atoms with Crippen molar-refractivity contribution in [2.45, 2.75) is 17.9 Å². The third kappa shape index (κ3) is 5.12. The van der Waals surface area contributed by atoms with E-state index in [-0.39, 0.29) is 17.6 Å². The Kier molecular flexibility index (Phi) is 7.27. The number of methoxy groups -OCH3 is 2. The van der Waals surface area contributed by atoms with Crippen molar-refractivity contribution < 1.29 is 23.3 Å². The normalized spacial score (nSPS) is 14.9. The highest BCUT2D eigenvalue weighted by molar-refractivity contribution is 7.86. The summed E-state index contributed by atoms with van der Waals surface area (Å²) in [5, 5.41) is 2.92. The summed E-state index contributed by atoms with van der Waals surface area (Å²) < 4.78 is 23.1. The smallest absolute Gasteiger partial charge is 0.251 e. The standard InChI is InChI=1S/C26H26N2O5S/c1-32-22-10-8-18(14-23(22)33-2)12-13-27-26(30)20-9-11-24-21(15-20)28(25(29)17-34(24)31)16-19-6-4-3-5-7-19/h3-11,14-15H,12-13,16-17H2,1-2H3,(H,27,30)/t34-/m1/s1. The first-order valence-electron chi connectivity index (χ1n) is 10.9. The lowest BCUT2D eigenvalue weighted by atomic mass is 10.1. The maximum absolute atomic E-state index is 12.8. The molecule has 3 aromatic rings. The zero-order chi connectivity index (χ0) is 24.1. The van der Waals surface area contributed by atoms with Gasteiger partial charge in [-0.2, -0.15) is 0 Å². The number of carbonyl (C=O) groups is 2. The Bertz CT molecular complexity index is 1230. The second-order valence-corrected chi connectivity index (χ2v) is 9.25. The van der Waals surface area contributed by atoms with Crippen molar-refractivity contribution in [3.8, 4) is 11.5 Å². The van der Waals surface area contributed by atoms with Gasteiger partial charge in [0.25, 0.3) is 5.91 Å². The molecule has 0 spiro atoms. The van der Waals surface area contributed by atoms with E-state index in [4.69, 9.17) is 9.47 Å². The van der Waals surface area contributed by atoms with Gasteiger partial charge in [-0.15, -0.1) is 0 Å². The number of hydrogen-bond donors (Lipinski definition) is 1. The van der Waals surface area contributed by atoms with Crippen molar-refractivity contribution in [2.75, 3.05) is 31.4 Å². The summed E-state index contributed by atoms with van der Waals surface area (Å²) in [5.41, 5.74) is 2.89. The Morgan fingerprint density at radius 1 is 0.971 bits per heavy atom. The molecule has 0 saturated heterocycles. The zero-order valence-electron chi connectivity index (χ0n) is 19.1. The summed E-state index contributed by atoms with van der Waals surface area (Å²) in [4.78, 5) is 27.7. The molecule has 0 saturated carbocycles. The molecule has 0 aliphatic carbocycles. The van der Waals surface area contributed by atoms with E-state index in [2.05, 4.69) is 5.32 Å². The molecule has 8 heteroatoms. The molecule has 34 heavy (non-hydrogen) atoms. The van der Waals surface area contributed by atoms with Crippen molar-refractivity contribution in [1.82, 2.24) is 5.32 Å². The fourth-order valence-electron chi connectivity index (χ4n) is 3.86. The maximum atomic E-state index is 12.8. The highest BCUT2D eigenvalue weighted by Crippen LogP contribution is 2.31. The van der Waals surface area contributed by atoms with E-state index in [0.717, 1.165) is 11.1 Å². The number of nitrogens with zero attached hydrogens (tertiary/aromatic N) is 1. The predicted octanol–water partition coefficient (Wildman–Crippen LogP) is 3.33. The van der Waals surface area contributed by atoms with Crippen LogP contribution in [0.3, 0.4) is 0 Å². The van der Waals surface area contributed by atoms with Crippen molar-refractivity contribution >= 4 is 28.3 Å². The lowest BCUT2D eigenvalue weighted by molar-refractivity contribution is -0.116. The van der Waals surface area contributed by atoms with Gasteiger partial charge in [0.05, 0.1) is 42.1 Å². The monoisotopic (exact) mass is 478 g/mol. The number of ether oxygens (including phenoxy) is 2. The summed E-state index contributed by atoms with van der Waals surface area (Å²) >= 11 is 0. The van der Waals surface area contributed by atoms with E-state index < -0.39 is 10.8 Å². The zero-order valence-corrected chi connectivity index (χ0v) is 19.9. The quantitative estimate of drug-likeness (QED) is 0.537. The molecule has 0 unspecified atom stereocenters. The molecule has 2 amide bonds. The Balaban J connectivity index is 1.48. The van der Waals surface area contributed by atoms with Crippen molar-refractivity contribution in [2.24, 2.45) is 0 Å². The van der Waals surface area contributed by atoms with Crippen LogP contribution in [0.4, 0.5) is 5.69 Å². The van der Waals surface area contributed by atoms with E-state index in [9.17, 15) is 13.8 Å². The molecular weight excluding hydrogens is 452 g/mol. The number of carbonyl (C=O) groups excluding carboxylic acids is 2. The van der Waals surface area contributed by atoms with Crippen LogP contribution in [0.1, 0.15) is 21.5 Å². The van der Waals surface area contributed by atoms with Gasteiger partial charge >= 0.3 is 0 Å². The Hall–Kier alpha value is -3.65. The van der Waals surface area contributed by atoms with E-state index in [1.165, 1.54) is 0 Å². The number of benzene rings is 3. The first kappa shape index (κ1) is 23.5. The van der Waals surface area contributed by atoms with Crippen LogP contribution in [-0.4, -0.2) is 42.5 Å². The molecule has 0 bridgehead atoms. The van der Waals surface area contributed by atoms with Crippen LogP contribution < -0.4 is 19.7 Å². The summed E-state index contributed by atoms with van der Waals surface area (Å²) in [6.07, 6.45) is 0.611. The van der Waals surface area contributed by atoms with Gasteiger partial charge in [0.2, 0.25) is 5.91 Å². The second-order valence-electron chi connectivity index (χ2n) is 7.83.